The van der Waals surface area contributed by atoms with E-state index < -0.39 is 5.97 Å². The Bertz CT molecular complexity index is 242. The minimum Gasteiger partial charge on any atom is -0.566 e. The molecule has 16 heavy (non-hydrogen) atoms. The molecular formula is C11H17O4Re-. The second kappa shape index (κ2) is 7.18. The number of hydrogen-bond acceptors (Lipinski definition) is 3. The van der Waals surface area contributed by atoms with Gasteiger partial charge in [-0.2, -0.15) is 0 Å². The summed E-state index contributed by atoms with van der Waals surface area (Å²) in [5.74, 6) is -0.524. The Hall–Kier alpha value is -0.208. The van der Waals surface area contributed by atoms with Crippen LogP contribution in [0.3, 0.4) is 0 Å². The van der Waals surface area contributed by atoms with E-state index in [4.69, 9.17) is 14.9 Å². The van der Waals surface area contributed by atoms with Gasteiger partial charge in [0.05, 0.1) is 12.2 Å². The molecule has 2 rings (SSSR count). The molecule has 1 radical (unpaired) electrons. The van der Waals surface area contributed by atoms with E-state index in [1.54, 1.807) is 0 Å². The molecule has 4 nitrogen and oxygen atoms in total. The Morgan fingerprint density at radius 2 is 2.00 bits per heavy atom. The number of carboxylic acid groups (broad SMARTS) is 1. The second-order valence-corrected chi connectivity index (χ2v) is 4.02. The zero-order chi connectivity index (χ0) is 11.4. The molecule has 0 aromatic heterocycles. The third-order valence-corrected chi connectivity index (χ3v) is 2.62. The maximum Gasteiger partial charge on any atom is 0.330 e. The Morgan fingerprint density at radius 3 is 2.38 bits per heavy atom. The van der Waals surface area contributed by atoms with E-state index in [1.807, 2.05) is 0 Å². The fraction of sp³-hybridized carbons (Fsp3) is 0.636. The predicted molar refractivity (Wildman–Crippen MR) is 54.7 cm³/mol. The van der Waals surface area contributed by atoms with Crippen LogP contribution in [-0.4, -0.2) is 28.4 Å². The van der Waals surface area contributed by atoms with Gasteiger partial charge in [0.1, 0.15) is 0 Å². The van der Waals surface area contributed by atoms with Crippen LogP contribution in [0, 0.1) is 12.5 Å². The average Bonchev–Trinajstić information content (AvgIpc) is 2.95. The number of rotatable bonds is 2. The maximum absolute atomic E-state index is 9.60. The Balaban J connectivity index is 0.000000289. The van der Waals surface area contributed by atoms with Gasteiger partial charge in [-0.15, -0.1) is 5.92 Å². The number of aliphatic hydroxyl groups excluding tert-OH is 1. The van der Waals surface area contributed by atoms with Crippen molar-refractivity contribution < 1.29 is 40.2 Å². The second-order valence-electron chi connectivity index (χ2n) is 4.02. The number of epoxide rings is 1. The van der Waals surface area contributed by atoms with Crippen LogP contribution in [0.4, 0.5) is 0 Å². The molecule has 3 atom stereocenters. The molecule has 5 heteroatoms. The van der Waals surface area contributed by atoms with Gasteiger partial charge in [-0.25, -0.2) is 11.4 Å². The van der Waals surface area contributed by atoms with Gasteiger partial charge in [0.25, 0.3) is 0 Å². The number of carboxylic acids is 1. The molecule has 1 saturated heterocycles. The summed E-state index contributed by atoms with van der Waals surface area (Å²) in [5.41, 5.74) is 0.176. The van der Waals surface area contributed by atoms with Gasteiger partial charge in [-0.3, -0.25) is 0 Å². The minimum atomic E-state index is -0.935. The van der Waals surface area contributed by atoms with Gasteiger partial charge in [0, 0.05) is 26.0 Å². The van der Waals surface area contributed by atoms with Crippen LogP contribution in [0.1, 0.15) is 26.2 Å². The third kappa shape index (κ3) is 5.22. The molecule has 1 saturated carbocycles. The first-order valence-electron chi connectivity index (χ1n) is 5.06. The van der Waals surface area contributed by atoms with Crippen LogP contribution in [0.15, 0.2) is 12.2 Å². The molecule has 0 bridgehead atoms. The molecule has 1 heterocycles. The molecular weight excluding hydrogens is 382 g/mol. The molecule has 0 aromatic rings. The van der Waals surface area contributed by atoms with Gasteiger partial charge < -0.3 is 14.9 Å². The van der Waals surface area contributed by atoms with Crippen LogP contribution < -0.4 is 0 Å². The summed E-state index contributed by atoms with van der Waals surface area (Å²) in [6.45, 7) is 5.92. The van der Waals surface area contributed by atoms with E-state index in [0.29, 0.717) is 18.1 Å². The summed E-state index contributed by atoms with van der Waals surface area (Å²) >= 11 is 0. The monoisotopic (exact) mass is 400 g/mol. The third-order valence-electron chi connectivity index (χ3n) is 2.62. The number of aliphatic carboxylic acids is 1. The minimum absolute atomic E-state index is 0. The molecule has 2 aliphatic rings. The van der Waals surface area contributed by atoms with Crippen LogP contribution in [0.2, 0.25) is 0 Å². The fourth-order valence-electron chi connectivity index (χ4n) is 1.57. The topological polar surface area (TPSA) is 70.1 Å². The first kappa shape index (κ1) is 15.8. The van der Waals surface area contributed by atoms with E-state index in [1.165, 1.54) is 13.5 Å². The van der Waals surface area contributed by atoms with Crippen LogP contribution >= 0.6 is 0 Å². The zero-order valence-corrected chi connectivity index (χ0v) is 11.9. The van der Waals surface area contributed by atoms with Gasteiger partial charge in [0.2, 0.25) is 0 Å². The Morgan fingerprint density at radius 1 is 1.44 bits per heavy atom. The first-order chi connectivity index (χ1) is 7.04. The quantitative estimate of drug-likeness (QED) is 0.422. The molecule has 0 aromatic carbocycles. The van der Waals surface area contributed by atoms with E-state index in [0.717, 1.165) is 19.3 Å². The molecule has 93 valence electrons. The largest absolute Gasteiger partial charge is 0.566 e. The van der Waals surface area contributed by atoms with Crippen molar-refractivity contribution in [2.45, 2.75) is 38.4 Å². The average molecular weight is 399 g/mol. The molecule has 3 unspecified atom stereocenters. The van der Waals surface area contributed by atoms with E-state index >= 15 is 0 Å². The summed E-state index contributed by atoms with van der Waals surface area (Å²) in [6.07, 6.45) is 4.35. The Labute approximate surface area is 109 Å². The van der Waals surface area contributed by atoms with Gasteiger partial charge in [0.15, 0.2) is 0 Å². The van der Waals surface area contributed by atoms with E-state index in [2.05, 4.69) is 6.58 Å². The van der Waals surface area contributed by atoms with Gasteiger partial charge in [-0.1, -0.05) is 13.0 Å². The summed E-state index contributed by atoms with van der Waals surface area (Å²) in [6, 6.07) is 0. The normalized spacial score (nSPS) is 30.0. The van der Waals surface area contributed by atoms with Crippen molar-refractivity contribution in [2.24, 2.45) is 5.92 Å². The molecule has 0 spiro atoms. The predicted octanol–water partition coefficient (Wildman–Crippen LogP) is 1.73. The molecule has 1 aliphatic carbocycles. The smallest absolute Gasteiger partial charge is 0.330 e. The van der Waals surface area contributed by atoms with Crippen molar-refractivity contribution in [1.29, 1.82) is 0 Å². The Kier molecular flexibility index (Phi) is 7.09. The number of hydrogen-bond donors (Lipinski definition) is 2. The molecule has 0 amide bonds. The fourth-order valence-corrected chi connectivity index (χ4v) is 1.57. The van der Waals surface area contributed by atoms with E-state index in [9.17, 15) is 4.79 Å². The van der Waals surface area contributed by atoms with Crippen molar-refractivity contribution in [2.75, 3.05) is 0 Å². The standard InChI is InChI=1S/C7H11O2.C4H6O2.Re/c8-4-5-1-2-6-7(3-5)9-6;1-3(2)4(5)6;/h4-8H,1-3H2;1H2,2H3,(H,5,6);/q-1;;. The first-order valence-corrected chi connectivity index (χ1v) is 5.06. The SMILES string of the molecule is C=C(C)C(=O)O.O[CH-]C1CCC2OC2C1.[Re]. The van der Waals surface area contributed by atoms with Crippen molar-refractivity contribution in [1.82, 2.24) is 0 Å². The number of ether oxygens (including phenoxy) is 1. The molecule has 2 N–H and O–H groups in total. The van der Waals surface area contributed by atoms with Gasteiger partial charge in [-0.05, 0) is 19.8 Å². The summed E-state index contributed by atoms with van der Waals surface area (Å²) < 4.78 is 5.28. The zero-order valence-electron chi connectivity index (χ0n) is 9.23. The molecule has 2 fully saturated rings. The number of aliphatic hydroxyl groups is 1. The van der Waals surface area contributed by atoms with Gasteiger partial charge >= 0.3 is 5.97 Å². The van der Waals surface area contributed by atoms with Crippen molar-refractivity contribution in [3.8, 4) is 0 Å². The van der Waals surface area contributed by atoms with E-state index in [-0.39, 0.29) is 26.0 Å². The van der Waals surface area contributed by atoms with Crippen molar-refractivity contribution in [3.63, 3.8) is 0 Å². The summed E-state index contributed by atoms with van der Waals surface area (Å²) in [4.78, 5) is 9.60. The van der Waals surface area contributed by atoms with Crippen LogP contribution in [0.5, 0.6) is 0 Å². The van der Waals surface area contributed by atoms with Crippen LogP contribution in [-0.2, 0) is 30.0 Å². The number of fused-ring (bicyclic) bond motifs is 1. The van der Waals surface area contributed by atoms with Crippen molar-refractivity contribution >= 4 is 5.97 Å². The number of carbonyl (C=O) groups is 1. The van der Waals surface area contributed by atoms with Crippen LogP contribution in [0.25, 0.3) is 0 Å². The summed E-state index contributed by atoms with van der Waals surface area (Å²) in [5, 5.41) is 16.5. The maximum atomic E-state index is 9.60. The molecule has 1 aliphatic heterocycles. The summed E-state index contributed by atoms with van der Waals surface area (Å²) in [7, 11) is 0. The van der Waals surface area contributed by atoms with Crippen molar-refractivity contribution in [3.05, 3.63) is 18.8 Å².